The number of nitrogens with one attached hydrogen (secondary N) is 2. The van der Waals surface area contributed by atoms with Crippen molar-refractivity contribution in [3.8, 4) is 0 Å². The standard InChI is InChI=1S/C18H19FN2OS/c1-18(2,3)13-6-4-12(5-7-13)16(22)21-17(23)20-15-10-8-14(19)9-11-15/h4-11H,1-3H3,(H2,20,21,22,23). The molecule has 2 N–H and O–H groups in total. The van der Waals surface area contributed by atoms with E-state index in [0.29, 0.717) is 11.3 Å². The van der Waals surface area contributed by atoms with Crippen molar-refractivity contribution in [1.29, 1.82) is 0 Å². The Morgan fingerprint density at radius 2 is 1.57 bits per heavy atom. The summed E-state index contributed by atoms with van der Waals surface area (Å²) in [4.78, 5) is 12.2. The molecule has 0 radical (unpaired) electrons. The molecule has 3 nitrogen and oxygen atoms in total. The number of anilines is 1. The van der Waals surface area contributed by atoms with Crippen LogP contribution in [0.2, 0.25) is 0 Å². The van der Waals surface area contributed by atoms with E-state index in [9.17, 15) is 9.18 Å². The number of rotatable bonds is 2. The van der Waals surface area contributed by atoms with Crippen LogP contribution in [0, 0.1) is 5.82 Å². The van der Waals surface area contributed by atoms with Gasteiger partial charge in [-0.05, 0) is 59.6 Å². The first kappa shape index (κ1) is 17.1. The topological polar surface area (TPSA) is 41.1 Å². The molecule has 0 unspecified atom stereocenters. The number of thiocarbonyl (C=S) groups is 1. The first-order chi connectivity index (χ1) is 10.8. The van der Waals surface area contributed by atoms with Gasteiger partial charge in [0.15, 0.2) is 5.11 Å². The number of halogens is 1. The highest BCUT2D eigenvalue weighted by Crippen LogP contribution is 2.22. The molecule has 2 aromatic carbocycles. The van der Waals surface area contributed by atoms with E-state index >= 15 is 0 Å². The van der Waals surface area contributed by atoms with E-state index < -0.39 is 0 Å². The minimum Gasteiger partial charge on any atom is -0.332 e. The van der Waals surface area contributed by atoms with Crippen LogP contribution in [0.3, 0.4) is 0 Å². The first-order valence-electron chi connectivity index (χ1n) is 7.24. The molecule has 0 heterocycles. The van der Waals surface area contributed by atoms with E-state index in [0.717, 1.165) is 5.56 Å². The average Bonchev–Trinajstić information content (AvgIpc) is 2.49. The van der Waals surface area contributed by atoms with Crippen LogP contribution in [0.15, 0.2) is 48.5 Å². The number of hydrogen-bond donors (Lipinski definition) is 2. The van der Waals surface area contributed by atoms with Crippen molar-refractivity contribution >= 4 is 28.9 Å². The SMILES string of the molecule is CC(C)(C)c1ccc(C(=O)NC(=S)Nc2ccc(F)cc2)cc1. The maximum absolute atomic E-state index is 12.8. The van der Waals surface area contributed by atoms with Gasteiger partial charge in [-0.1, -0.05) is 32.9 Å². The molecule has 2 aromatic rings. The second-order valence-corrected chi connectivity index (χ2v) is 6.65. The zero-order valence-corrected chi connectivity index (χ0v) is 14.1. The molecule has 0 fully saturated rings. The Morgan fingerprint density at radius 1 is 1.00 bits per heavy atom. The second-order valence-electron chi connectivity index (χ2n) is 6.24. The normalized spacial score (nSPS) is 11.0. The Labute approximate surface area is 140 Å². The number of benzene rings is 2. The van der Waals surface area contributed by atoms with Gasteiger partial charge in [-0.3, -0.25) is 10.1 Å². The van der Waals surface area contributed by atoms with Gasteiger partial charge >= 0.3 is 0 Å². The Hall–Kier alpha value is -2.27. The summed E-state index contributed by atoms with van der Waals surface area (Å²) in [6, 6.07) is 13.2. The van der Waals surface area contributed by atoms with E-state index in [-0.39, 0.29) is 22.3 Å². The second kappa shape index (κ2) is 6.87. The molecule has 0 spiro atoms. The third-order valence-electron chi connectivity index (χ3n) is 3.34. The van der Waals surface area contributed by atoms with E-state index in [1.165, 1.54) is 12.1 Å². The molecule has 5 heteroatoms. The average molecular weight is 330 g/mol. The van der Waals surface area contributed by atoms with Gasteiger partial charge in [-0.25, -0.2) is 4.39 Å². The van der Waals surface area contributed by atoms with Gasteiger partial charge < -0.3 is 5.32 Å². The van der Waals surface area contributed by atoms with E-state index in [1.807, 2.05) is 12.1 Å². The lowest BCUT2D eigenvalue weighted by molar-refractivity contribution is 0.0977. The highest BCUT2D eigenvalue weighted by molar-refractivity contribution is 7.80. The van der Waals surface area contributed by atoms with Crippen LogP contribution in [0.25, 0.3) is 0 Å². The Kier molecular flexibility index (Phi) is 5.11. The predicted molar refractivity (Wildman–Crippen MR) is 95.2 cm³/mol. The van der Waals surface area contributed by atoms with Crippen molar-refractivity contribution < 1.29 is 9.18 Å². The molecule has 0 atom stereocenters. The van der Waals surface area contributed by atoms with Crippen LogP contribution < -0.4 is 10.6 Å². The Bertz CT molecular complexity index is 703. The molecule has 2 rings (SSSR count). The van der Waals surface area contributed by atoms with Gasteiger partial charge in [0, 0.05) is 11.3 Å². The van der Waals surface area contributed by atoms with Crippen molar-refractivity contribution in [3.63, 3.8) is 0 Å². The summed E-state index contributed by atoms with van der Waals surface area (Å²) in [5.41, 5.74) is 2.33. The van der Waals surface area contributed by atoms with Gasteiger partial charge in [0.1, 0.15) is 5.82 Å². The fraction of sp³-hybridized carbons (Fsp3) is 0.222. The van der Waals surface area contributed by atoms with Gasteiger partial charge in [0.25, 0.3) is 5.91 Å². The van der Waals surface area contributed by atoms with Crippen LogP contribution in [-0.4, -0.2) is 11.0 Å². The third-order valence-corrected chi connectivity index (χ3v) is 3.55. The van der Waals surface area contributed by atoms with Crippen molar-refractivity contribution in [2.45, 2.75) is 26.2 Å². The maximum Gasteiger partial charge on any atom is 0.257 e. The largest absolute Gasteiger partial charge is 0.332 e. The zero-order chi connectivity index (χ0) is 17.0. The molecule has 0 aromatic heterocycles. The van der Waals surface area contributed by atoms with Gasteiger partial charge in [-0.15, -0.1) is 0 Å². The minimum absolute atomic E-state index is 0.0362. The summed E-state index contributed by atoms with van der Waals surface area (Å²) >= 11 is 5.09. The number of carbonyl (C=O) groups excluding carboxylic acids is 1. The van der Waals surface area contributed by atoms with Gasteiger partial charge in [-0.2, -0.15) is 0 Å². The van der Waals surface area contributed by atoms with Crippen molar-refractivity contribution in [2.24, 2.45) is 0 Å². The highest BCUT2D eigenvalue weighted by atomic mass is 32.1. The summed E-state index contributed by atoms with van der Waals surface area (Å²) < 4.78 is 12.8. The van der Waals surface area contributed by atoms with Crippen LogP contribution in [0.5, 0.6) is 0 Å². The molecule has 0 saturated heterocycles. The predicted octanol–water partition coefficient (Wildman–Crippen LogP) is 4.25. The van der Waals surface area contributed by atoms with Gasteiger partial charge in [0.05, 0.1) is 0 Å². The smallest absolute Gasteiger partial charge is 0.257 e. The maximum atomic E-state index is 12.8. The lowest BCUT2D eigenvalue weighted by atomic mass is 9.87. The highest BCUT2D eigenvalue weighted by Gasteiger charge is 2.14. The molecule has 0 bridgehead atoms. The fourth-order valence-corrected chi connectivity index (χ4v) is 2.20. The minimum atomic E-state index is -0.329. The number of hydrogen-bond acceptors (Lipinski definition) is 2. The van der Waals surface area contributed by atoms with E-state index in [4.69, 9.17) is 12.2 Å². The quantitative estimate of drug-likeness (QED) is 0.809. The van der Waals surface area contributed by atoms with Crippen molar-refractivity contribution in [1.82, 2.24) is 5.32 Å². The number of carbonyl (C=O) groups is 1. The lowest BCUT2D eigenvalue weighted by Gasteiger charge is -2.19. The molecule has 1 amide bonds. The molecule has 0 aliphatic rings. The van der Waals surface area contributed by atoms with Crippen LogP contribution in [-0.2, 0) is 5.41 Å². The molecule has 23 heavy (non-hydrogen) atoms. The molecule has 0 aliphatic carbocycles. The van der Waals surface area contributed by atoms with E-state index in [2.05, 4.69) is 31.4 Å². The van der Waals surface area contributed by atoms with Crippen molar-refractivity contribution in [2.75, 3.05) is 5.32 Å². The van der Waals surface area contributed by atoms with Crippen molar-refractivity contribution in [3.05, 3.63) is 65.5 Å². The summed E-state index contributed by atoms with van der Waals surface area (Å²) in [6.45, 7) is 6.34. The zero-order valence-electron chi connectivity index (χ0n) is 13.3. The van der Waals surface area contributed by atoms with Gasteiger partial charge in [0.2, 0.25) is 0 Å². The van der Waals surface area contributed by atoms with Crippen LogP contribution in [0.4, 0.5) is 10.1 Å². The summed E-state index contributed by atoms with van der Waals surface area (Å²) in [5.74, 6) is -0.616. The lowest BCUT2D eigenvalue weighted by Crippen LogP contribution is -2.34. The van der Waals surface area contributed by atoms with E-state index in [1.54, 1.807) is 24.3 Å². The van der Waals surface area contributed by atoms with Crippen LogP contribution in [0.1, 0.15) is 36.7 Å². The summed E-state index contributed by atoms with van der Waals surface area (Å²) in [6.07, 6.45) is 0. The summed E-state index contributed by atoms with van der Waals surface area (Å²) in [5, 5.41) is 5.61. The van der Waals surface area contributed by atoms with Crippen LogP contribution >= 0.6 is 12.2 Å². The molecule has 120 valence electrons. The Morgan fingerprint density at radius 3 is 2.09 bits per heavy atom. The molecule has 0 aliphatic heterocycles. The monoisotopic (exact) mass is 330 g/mol. The molecular formula is C18H19FN2OS. The molecule has 0 saturated carbocycles. The fourth-order valence-electron chi connectivity index (χ4n) is 1.99. The number of amides is 1. The summed E-state index contributed by atoms with van der Waals surface area (Å²) in [7, 11) is 0. The third kappa shape index (κ3) is 4.86. The molecular weight excluding hydrogens is 311 g/mol. The first-order valence-corrected chi connectivity index (χ1v) is 7.65. The Balaban J connectivity index is 1.98.